The number of sulfonamides is 1. The van der Waals surface area contributed by atoms with Gasteiger partial charge in [-0.05, 0) is 44.1 Å². The van der Waals surface area contributed by atoms with Gasteiger partial charge in [-0.3, -0.25) is 4.79 Å². The highest BCUT2D eigenvalue weighted by Gasteiger charge is 2.30. The number of carbonyl (C=O) groups excluding carboxylic acids is 1. The highest BCUT2D eigenvalue weighted by atomic mass is 32.2. The van der Waals surface area contributed by atoms with Crippen LogP contribution in [0.2, 0.25) is 0 Å². The van der Waals surface area contributed by atoms with E-state index in [-0.39, 0.29) is 16.8 Å². The number of rotatable bonds is 6. The minimum Gasteiger partial charge on any atom is -0.347 e. The first kappa shape index (κ1) is 21.3. The minimum absolute atomic E-state index is 0.00135. The fraction of sp³-hybridized carbons (Fsp3) is 0.750. The molecular weight excluding hydrogens is 376 g/mol. The fourth-order valence-corrected chi connectivity index (χ4v) is 6.24. The average Bonchev–Trinajstić information content (AvgIpc) is 3.23. The van der Waals surface area contributed by atoms with Gasteiger partial charge in [0.2, 0.25) is 10.0 Å². The quantitative estimate of drug-likeness (QED) is 0.777. The first-order chi connectivity index (χ1) is 13.2. The number of likely N-dealkylation sites (tertiary alicyclic amines) is 1. The average molecular weight is 411 g/mol. The van der Waals surface area contributed by atoms with Gasteiger partial charge in [0.05, 0.1) is 0 Å². The monoisotopic (exact) mass is 410 g/mol. The number of piperidine rings is 1. The molecule has 8 heteroatoms. The van der Waals surface area contributed by atoms with Crippen molar-refractivity contribution >= 4 is 15.9 Å². The molecule has 3 atom stereocenters. The lowest BCUT2D eigenvalue weighted by Crippen LogP contribution is -2.47. The molecule has 2 aliphatic heterocycles. The van der Waals surface area contributed by atoms with Crippen molar-refractivity contribution in [3.63, 3.8) is 0 Å². The third kappa shape index (κ3) is 4.78. The summed E-state index contributed by atoms with van der Waals surface area (Å²) in [6, 6.07) is 1.50. The number of carbonyl (C=O) groups is 1. The van der Waals surface area contributed by atoms with Crippen LogP contribution >= 0.6 is 0 Å². The lowest BCUT2D eigenvalue weighted by Gasteiger charge is -2.36. The SMILES string of the molecule is CC1CC(C)CN(CC(C)NC(=O)c2cc(S(=O)(=O)N3CCCC3)cn2C)C1. The molecule has 0 aliphatic carbocycles. The van der Waals surface area contributed by atoms with E-state index in [0.717, 1.165) is 32.5 Å². The smallest absolute Gasteiger partial charge is 0.268 e. The van der Waals surface area contributed by atoms with Crippen LogP contribution in [-0.4, -0.2) is 66.9 Å². The van der Waals surface area contributed by atoms with Gasteiger partial charge in [0.25, 0.3) is 5.91 Å². The van der Waals surface area contributed by atoms with Gasteiger partial charge in [0.1, 0.15) is 10.6 Å². The Kier molecular flexibility index (Phi) is 6.51. The van der Waals surface area contributed by atoms with Crippen LogP contribution in [0.4, 0.5) is 0 Å². The summed E-state index contributed by atoms with van der Waals surface area (Å²) in [6.45, 7) is 10.6. The predicted molar refractivity (Wildman–Crippen MR) is 110 cm³/mol. The molecule has 28 heavy (non-hydrogen) atoms. The van der Waals surface area contributed by atoms with Crippen LogP contribution in [-0.2, 0) is 17.1 Å². The van der Waals surface area contributed by atoms with E-state index in [0.29, 0.717) is 30.6 Å². The molecule has 3 unspecified atom stereocenters. The van der Waals surface area contributed by atoms with Crippen molar-refractivity contribution in [3.8, 4) is 0 Å². The van der Waals surface area contributed by atoms with Crippen LogP contribution in [0.25, 0.3) is 0 Å². The Morgan fingerprint density at radius 2 is 1.82 bits per heavy atom. The second-order valence-electron chi connectivity index (χ2n) is 8.82. The third-order valence-electron chi connectivity index (χ3n) is 5.77. The van der Waals surface area contributed by atoms with E-state index in [1.54, 1.807) is 17.8 Å². The zero-order chi connectivity index (χ0) is 20.5. The number of hydrogen-bond acceptors (Lipinski definition) is 4. The van der Waals surface area contributed by atoms with Gasteiger partial charge in [-0.15, -0.1) is 0 Å². The van der Waals surface area contributed by atoms with Gasteiger partial charge in [0.15, 0.2) is 0 Å². The number of aryl methyl sites for hydroxylation is 1. The summed E-state index contributed by atoms with van der Waals surface area (Å²) >= 11 is 0. The summed E-state index contributed by atoms with van der Waals surface area (Å²) in [4.78, 5) is 15.4. The van der Waals surface area contributed by atoms with Crippen LogP contribution in [0.3, 0.4) is 0 Å². The second-order valence-corrected chi connectivity index (χ2v) is 10.8. The van der Waals surface area contributed by atoms with Gasteiger partial charge >= 0.3 is 0 Å². The molecule has 1 amide bonds. The fourth-order valence-electron chi connectivity index (χ4n) is 4.65. The van der Waals surface area contributed by atoms with Crippen molar-refractivity contribution in [3.05, 3.63) is 18.0 Å². The van der Waals surface area contributed by atoms with Crippen molar-refractivity contribution < 1.29 is 13.2 Å². The van der Waals surface area contributed by atoms with E-state index >= 15 is 0 Å². The van der Waals surface area contributed by atoms with E-state index in [1.807, 2.05) is 6.92 Å². The molecule has 2 fully saturated rings. The highest BCUT2D eigenvalue weighted by molar-refractivity contribution is 7.89. The maximum absolute atomic E-state index is 12.7. The topological polar surface area (TPSA) is 74.7 Å². The largest absolute Gasteiger partial charge is 0.347 e. The van der Waals surface area contributed by atoms with Crippen LogP contribution < -0.4 is 5.32 Å². The van der Waals surface area contributed by atoms with Crippen molar-refractivity contribution in [2.75, 3.05) is 32.7 Å². The van der Waals surface area contributed by atoms with Gasteiger partial charge in [-0.1, -0.05) is 13.8 Å². The molecule has 0 aromatic carbocycles. The minimum atomic E-state index is -3.51. The zero-order valence-corrected chi connectivity index (χ0v) is 18.3. The van der Waals surface area contributed by atoms with E-state index in [9.17, 15) is 13.2 Å². The Labute approximate surface area is 169 Å². The van der Waals surface area contributed by atoms with Crippen molar-refractivity contribution in [1.82, 2.24) is 19.1 Å². The first-order valence-corrected chi connectivity index (χ1v) is 11.8. The maximum Gasteiger partial charge on any atom is 0.268 e. The highest BCUT2D eigenvalue weighted by Crippen LogP contribution is 2.23. The molecule has 1 aromatic heterocycles. The van der Waals surface area contributed by atoms with Crippen LogP contribution in [0, 0.1) is 11.8 Å². The zero-order valence-electron chi connectivity index (χ0n) is 17.5. The second kappa shape index (κ2) is 8.55. The molecule has 2 aliphatic rings. The Morgan fingerprint density at radius 1 is 1.21 bits per heavy atom. The number of hydrogen-bond donors (Lipinski definition) is 1. The number of amides is 1. The van der Waals surface area contributed by atoms with Crippen molar-refractivity contribution in [1.29, 1.82) is 0 Å². The lowest BCUT2D eigenvalue weighted by atomic mass is 9.92. The molecule has 2 saturated heterocycles. The van der Waals surface area contributed by atoms with Crippen LogP contribution in [0.5, 0.6) is 0 Å². The molecule has 1 N–H and O–H groups in total. The first-order valence-electron chi connectivity index (χ1n) is 10.4. The van der Waals surface area contributed by atoms with Crippen molar-refractivity contribution in [2.45, 2.75) is 51.0 Å². The molecule has 158 valence electrons. The van der Waals surface area contributed by atoms with E-state index in [2.05, 4.69) is 24.1 Å². The van der Waals surface area contributed by atoms with E-state index < -0.39 is 10.0 Å². The van der Waals surface area contributed by atoms with Gasteiger partial charge in [0, 0.05) is 52.0 Å². The summed E-state index contributed by atoms with van der Waals surface area (Å²) < 4.78 is 28.6. The lowest BCUT2D eigenvalue weighted by molar-refractivity contribution is 0.0897. The van der Waals surface area contributed by atoms with E-state index in [1.165, 1.54) is 16.8 Å². The maximum atomic E-state index is 12.7. The number of nitrogens with zero attached hydrogens (tertiary/aromatic N) is 3. The van der Waals surface area contributed by atoms with Crippen LogP contribution in [0.1, 0.15) is 50.5 Å². The standard InChI is InChI=1S/C20H34N4O3S/c1-15-9-16(2)12-23(11-15)13-17(3)21-20(25)19-10-18(14-22(19)4)28(26,27)24-7-5-6-8-24/h10,14-17H,5-9,11-13H2,1-4H3,(H,21,25). The molecule has 0 spiro atoms. The Hall–Kier alpha value is -1.38. The Balaban J connectivity index is 1.63. The normalized spacial score (nSPS) is 25.7. The molecule has 3 rings (SSSR count). The molecule has 0 radical (unpaired) electrons. The summed E-state index contributed by atoms with van der Waals surface area (Å²) in [5, 5.41) is 3.04. The predicted octanol–water partition coefficient (Wildman–Crippen LogP) is 1.91. The van der Waals surface area contributed by atoms with Crippen molar-refractivity contribution in [2.24, 2.45) is 18.9 Å². The summed E-state index contributed by atoms with van der Waals surface area (Å²) in [5.74, 6) is 1.13. The summed E-state index contributed by atoms with van der Waals surface area (Å²) in [6.07, 6.45) is 4.59. The Bertz CT molecular complexity index is 788. The third-order valence-corrected chi connectivity index (χ3v) is 7.63. The summed E-state index contributed by atoms with van der Waals surface area (Å²) in [5.41, 5.74) is 0.380. The van der Waals surface area contributed by atoms with Gasteiger partial charge in [-0.2, -0.15) is 4.31 Å². The molecule has 0 bridgehead atoms. The molecule has 0 saturated carbocycles. The van der Waals surface area contributed by atoms with Crippen LogP contribution in [0.15, 0.2) is 17.2 Å². The van der Waals surface area contributed by atoms with Gasteiger partial charge < -0.3 is 14.8 Å². The van der Waals surface area contributed by atoms with E-state index in [4.69, 9.17) is 0 Å². The summed E-state index contributed by atoms with van der Waals surface area (Å²) in [7, 11) is -1.79. The number of aromatic nitrogens is 1. The van der Waals surface area contributed by atoms with Gasteiger partial charge in [-0.25, -0.2) is 8.42 Å². The molecule has 7 nitrogen and oxygen atoms in total. The molecule has 3 heterocycles. The molecular formula is C20H34N4O3S. The Morgan fingerprint density at radius 3 is 2.43 bits per heavy atom. The molecule has 1 aromatic rings. The number of nitrogens with one attached hydrogen (secondary N) is 1.